The summed E-state index contributed by atoms with van der Waals surface area (Å²) in [5.41, 5.74) is 5.63. The Kier molecular flexibility index (Phi) is 2.28. The molecule has 2 atom stereocenters. The van der Waals surface area contributed by atoms with Crippen molar-refractivity contribution in [3.8, 4) is 0 Å². The molecule has 1 aliphatic rings. The van der Waals surface area contributed by atoms with Crippen LogP contribution in [0.25, 0.3) is 0 Å². The van der Waals surface area contributed by atoms with Crippen molar-refractivity contribution < 1.29 is 4.52 Å². The average molecular weight is 182 g/mol. The van der Waals surface area contributed by atoms with Gasteiger partial charge in [0.05, 0.1) is 12.0 Å². The van der Waals surface area contributed by atoms with E-state index in [1.165, 1.54) is 0 Å². The molecule has 0 aliphatic carbocycles. The van der Waals surface area contributed by atoms with Crippen LogP contribution < -0.4 is 11.1 Å². The van der Waals surface area contributed by atoms with E-state index in [0.29, 0.717) is 11.7 Å². The zero-order valence-corrected chi connectivity index (χ0v) is 7.66. The van der Waals surface area contributed by atoms with Gasteiger partial charge in [0.25, 0.3) is 0 Å². The Hall–Kier alpha value is -0.940. The van der Waals surface area contributed by atoms with Gasteiger partial charge in [-0.1, -0.05) is 5.16 Å². The Morgan fingerprint density at radius 1 is 1.69 bits per heavy atom. The smallest absolute Gasteiger partial charge is 0.231 e. The van der Waals surface area contributed by atoms with Crippen LogP contribution in [0, 0.1) is 0 Å². The maximum Gasteiger partial charge on any atom is 0.231 e. The van der Waals surface area contributed by atoms with Crippen LogP contribution in [0.15, 0.2) is 4.52 Å². The highest BCUT2D eigenvalue weighted by Gasteiger charge is 2.23. The standard InChI is InChI=1S/C8H14N4O/c1-5(9)7-11-8(13-12-7)6-2-3-10-4-6/h5-6,10H,2-4,9H2,1H3/t5?,6-/m1/s1. The van der Waals surface area contributed by atoms with Crippen LogP contribution in [0.2, 0.25) is 0 Å². The van der Waals surface area contributed by atoms with E-state index in [-0.39, 0.29) is 6.04 Å². The third-order valence-electron chi connectivity index (χ3n) is 2.27. The Morgan fingerprint density at radius 3 is 3.08 bits per heavy atom. The van der Waals surface area contributed by atoms with Crippen molar-refractivity contribution in [2.75, 3.05) is 13.1 Å². The van der Waals surface area contributed by atoms with Crippen LogP contribution in [0.1, 0.15) is 37.0 Å². The summed E-state index contributed by atoms with van der Waals surface area (Å²) in [5, 5.41) is 7.07. The molecule has 5 heteroatoms. The van der Waals surface area contributed by atoms with Crippen molar-refractivity contribution in [3.05, 3.63) is 11.7 Å². The monoisotopic (exact) mass is 182 g/mol. The van der Waals surface area contributed by atoms with Gasteiger partial charge in [-0.2, -0.15) is 4.98 Å². The molecular formula is C8H14N4O. The molecule has 1 aromatic rings. The molecule has 2 rings (SSSR count). The van der Waals surface area contributed by atoms with Gasteiger partial charge in [-0.25, -0.2) is 0 Å². The molecule has 2 heterocycles. The van der Waals surface area contributed by atoms with Crippen LogP contribution in [0.5, 0.6) is 0 Å². The molecule has 0 spiro atoms. The van der Waals surface area contributed by atoms with E-state index in [0.717, 1.165) is 25.4 Å². The van der Waals surface area contributed by atoms with E-state index >= 15 is 0 Å². The molecule has 72 valence electrons. The number of aromatic nitrogens is 2. The molecule has 1 unspecified atom stereocenters. The van der Waals surface area contributed by atoms with E-state index in [9.17, 15) is 0 Å². The summed E-state index contributed by atoms with van der Waals surface area (Å²) >= 11 is 0. The van der Waals surface area contributed by atoms with Gasteiger partial charge in [0.1, 0.15) is 0 Å². The van der Waals surface area contributed by atoms with Crippen molar-refractivity contribution >= 4 is 0 Å². The third-order valence-corrected chi connectivity index (χ3v) is 2.27. The number of hydrogen-bond acceptors (Lipinski definition) is 5. The van der Waals surface area contributed by atoms with Crippen molar-refractivity contribution in [3.63, 3.8) is 0 Å². The highest BCUT2D eigenvalue weighted by Crippen LogP contribution is 2.21. The maximum atomic E-state index is 5.63. The molecule has 1 fully saturated rings. The largest absolute Gasteiger partial charge is 0.339 e. The first kappa shape index (κ1) is 8.65. The predicted molar refractivity (Wildman–Crippen MR) is 47.1 cm³/mol. The van der Waals surface area contributed by atoms with Gasteiger partial charge in [0, 0.05) is 6.54 Å². The molecule has 3 N–H and O–H groups in total. The normalized spacial score (nSPS) is 24.9. The van der Waals surface area contributed by atoms with Crippen LogP contribution in [-0.2, 0) is 0 Å². The lowest BCUT2D eigenvalue weighted by Crippen LogP contribution is -2.09. The van der Waals surface area contributed by atoms with Crippen molar-refractivity contribution in [2.24, 2.45) is 5.73 Å². The summed E-state index contributed by atoms with van der Waals surface area (Å²) < 4.78 is 5.13. The van der Waals surface area contributed by atoms with Gasteiger partial charge >= 0.3 is 0 Å². The second-order valence-corrected chi connectivity index (χ2v) is 3.47. The predicted octanol–water partition coefficient (Wildman–Crippen LogP) is 0.166. The molecule has 13 heavy (non-hydrogen) atoms. The molecule has 1 aromatic heterocycles. The minimum absolute atomic E-state index is 0.146. The Morgan fingerprint density at radius 2 is 2.54 bits per heavy atom. The summed E-state index contributed by atoms with van der Waals surface area (Å²) in [6, 6.07) is -0.146. The summed E-state index contributed by atoms with van der Waals surface area (Å²) in [7, 11) is 0. The van der Waals surface area contributed by atoms with Crippen LogP contribution in [-0.4, -0.2) is 23.2 Å². The number of hydrogen-bond donors (Lipinski definition) is 2. The summed E-state index contributed by atoms with van der Waals surface area (Å²) in [6.07, 6.45) is 1.07. The summed E-state index contributed by atoms with van der Waals surface area (Å²) in [5.74, 6) is 1.69. The number of nitrogens with one attached hydrogen (secondary N) is 1. The lowest BCUT2D eigenvalue weighted by molar-refractivity contribution is 0.353. The highest BCUT2D eigenvalue weighted by atomic mass is 16.5. The minimum atomic E-state index is -0.146. The third kappa shape index (κ3) is 1.71. The molecule has 0 bridgehead atoms. The van der Waals surface area contributed by atoms with Gasteiger partial charge in [-0.3, -0.25) is 0 Å². The average Bonchev–Trinajstić information content (AvgIpc) is 2.75. The molecular weight excluding hydrogens is 168 g/mol. The summed E-state index contributed by atoms with van der Waals surface area (Å²) in [4.78, 5) is 4.25. The molecule has 5 nitrogen and oxygen atoms in total. The van der Waals surface area contributed by atoms with E-state index in [2.05, 4.69) is 15.5 Å². The molecule has 0 radical (unpaired) electrons. The first-order valence-corrected chi connectivity index (χ1v) is 4.57. The summed E-state index contributed by atoms with van der Waals surface area (Å²) in [6.45, 7) is 3.81. The van der Waals surface area contributed by atoms with Crippen molar-refractivity contribution in [1.29, 1.82) is 0 Å². The van der Waals surface area contributed by atoms with Gasteiger partial charge in [-0.05, 0) is 19.9 Å². The van der Waals surface area contributed by atoms with E-state index in [1.807, 2.05) is 6.92 Å². The van der Waals surface area contributed by atoms with E-state index < -0.39 is 0 Å². The van der Waals surface area contributed by atoms with E-state index in [4.69, 9.17) is 10.3 Å². The lowest BCUT2D eigenvalue weighted by atomic mass is 10.1. The van der Waals surface area contributed by atoms with Crippen LogP contribution in [0.3, 0.4) is 0 Å². The lowest BCUT2D eigenvalue weighted by Gasteiger charge is -1.98. The Labute approximate surface area is 76.7 Å². The van der Waals surface area contributed by atoms with E-state index in [1.54, 1.807) is 0 Å². The fourth-order valence-electron chi connectivity index (χ4n) is 1.46. The first-order valence-electron chi connectivity index (χ1n) is 4.57. The van der Waals surface area contributed by atoms with Crippen LogP contribution in [0.4, 0.5) is 0 Å². The molecule has 0 aromatic carbocycles. The second-order valence-electron chi connectivity index (χ2n) is 3.47. The second kappa shape index (κ2) is 3.43. The van der Waals surface area contributed by atoms with Gasteiger partial charge in [0.15, 0.2) is 5.82 Å². The van der Waals surface area contributed by atoms with Gasteiger partial charge in [0.2, 0.25) is 5.89 Å². The fourth-order valence-corrected chi connectivity index (χ4v) is 1.46. The van der Waals surface area contributed by atoms with Gasteiger partial charge in [-0.15, -0.1) is 0 Å². The van der Waals surface area contributed by atoms with Gasteiger partial charge < -0.3 is 15.6 Å². The Bertz CT molecular complexity index is 277. The Balaban J connectivity index is 2.12. The number of nitrogens with zero attached hydrogens (tertiary/aromatic N) is 2. The van der Waals surface area contributed by atoms with Crippen molar-refractivity contribution in [2.45, 2.75) is 25.3 Å². The number of nitrogens with two attached hydrogens (primary N) is 1. The quantitative estimate of drug-likeness (QED) is 0.681. The molecule has 1 saturated heterocycles. The zero-order chi connectivity index (χ0) is 9.26. The number of rotatable bonds is 2. The highest BCUT2D eigenvalue weighted by molar-refractivity contribution is 4.99. The van der Waals surface area contributed by atoms with Crippen LogP contribution >= 0.6 is 0 Å². The molecule has 0 amide bonds. The zero-order valence-electron chi connectivity index (χ0n) is 7.66. The molecule has 0 saturated carbocycles. The fraction of sp³-hybridized carbons (Fsp3) is 0.750. The maximum absolute atomic E-state index is 5.63. The topological polar surface area (TPSA) is 77.0 Å². The minimum Gasteiger partial charge on any atom is -0.339 e. The van der Waals surface area contributed by atoms with Crippen molar-refractivity contribution in [1.82, 2.24) is 15.5 Å². The first-order chi connectivity index (χ1) is 6.27. The molecule has 1 aliphatic heterocycles. The SMILES string of the molecule is CC(N)c1noc([C@@H]2CCNC2)n1.